The number of rotatable bonds is 6. The van der Waals surface area contributed by atoms with E-state index in [2.05, 4.69) is 16.7 Å². The van der Waals surface area contributed by atoms with E-state index in [0.29, 0.717) is 6.54 Å². The van der Waals surface area contributed by atoms with Crippen molar-refractivity contribution in [2.24, 2.45) is 0 Å². The average Bonchev–Trinajstić information content (AvgIpc) is 2.36. The third kappa shape index (κ3) is 5.74. The monoisotopic (exact) mass is 270 g/mol. The molecule has 0 saturated heterocycles. The summed E-state index contributed by atoms with van der Waals surface area (Å²) in [5.74, 6) is -1.25. The standard InChI is InChI=1S/C13H22N2O4/c1-9(16)11(12(17)18)15-13(19)14-8-7-10-5-3-2-4-6-10/h5,9,11,16H,2-4,6-8H2,1H3,(H,17,18)(H2,14,15,19). The molecule has 0 bridgehead atoms. The van der Waals surface area contributed by atoms with Crippen LogP contribution >= 0.6 is 0 Å². The van der Waals surface area contributed by atoms with E-state index in [-0.39, 0.29) is 0 Å². The molecule has 2 amide bonds. The fourth-order valence-corrected chi connectivity index (χ4v) is 2.05. The van der Waals surface area contributed by atoms with Gasteiger partial charge in [-0.3, -0.25) is 0 Å². The van der Waals surface area contributed by atoms with E-state index in [1.54, 1.807) is 0 Å². The predicted molar refractivity (Wildman–Crippen MR) is 70.8 cm³/mol. The summed E-state index contributed by atoms with van der Waals surface area (Å²) in [4.78, 5) is 22.3. The van der Waals surface area contributed by atoms with Gasteiger partial charge in [-0.05, 0) is 39.0 Å². The van der Waals surface area contributed by atoms with Gasteiger partial charge in [0.2, 0.25) is 0 Å². The second-order valence-corrected chi connectivity index (χ2v) is 4.81. The Balaban J connectivity index is 2.27. The number of carbonyl (C=O) groups excluding carboxylic acids is 1. The third-order valence-electron chi connectivity index (χ3n) is 3.15. The van der Waals surface area contributed by atoms with Gasteiger partial charge in [0.1, 0.15) is 0 Å². The summed E-state index contributed by atoms with van der Waals surface area (Å²) >= 11 is 0. The van der Waals surface area contributed by atoms with E-state index in [1.165, 1.54) is 25.3 Å². The highest BCUT2D eigenvalue weighted by atomic mass is 16.4. The summed E-state index contributed by atoms with van der Waals surface area (Å²) in [7, 11) is 0. The highest BCUT2D eigenvalue weighted by Crippen LogP contribution is 2.19. The molecule has 0 aromatic carbocycles. The van der Waals surface area contributed by atoms with Crippen LogP contribution < -0.4 is 10.6 Å². The minimum Gasteiger partial charge on any atom is -0.480 e. The second-order valence-electron chi connectivity index (χ2n) is 4.81. The molecule has 1 aliphatic carbocycles. The molecule has 0 aromatic rings. The number of aliphatic carboxylic acids is 1. The van der Waals surface area contributed by atoms with E-state index in [1.807, 2.05) is 0 Å². The number of aliphatic hydroxyl groups is 1. The number of allylic oxidation sites excluding steroid dienone is 1. The number of carboxylic acids is 1. The summed E-state index contributed by atoms with van der Waals surface area (Å²) in [5, 5.41) is 22.9. The molecule has 1 rings (SSSR count). The SMILES string of the molecule is CC(O)C(NC(=O)NCCC1=CCCCC1)C(=O)O. The van der Waals surface area contributed by atoms with Crippen LogP contribution in [0.25, 0.3) is 0 Å². The normalized spacial score (nSPS) is 18.1. The average molecular weight is 270 g/mol. The Kier molecular flexibility index (Phi) is 6.35. The van der Waals surface area contributed by atoms with E-state index < -0.39 is 24.1 Å². The lowest BCUT2D eigenvalue weighted by Crippen LogP contribution is -2.51. The first-order valence-corrected chi connectivity index (χ1v) is 6.64. The molecule has 0 fully saturated rings. The molecule has 0 aromatic heterocycles. The lowest BCUT2D eigenvalue weighted by atomic mass is 9.97. The Morgan fingerprint density at radius 3 is 2.68 bits per heavy atom. The van der Waals surface area contributed by atoms with Crippen molar-refractivity contribution < 1.29 is 19.8 Å². The van der Waals surface area contributed by atoms with Gasteiger partial charge < -0.3 is 20.8 Å². The van der Waals surface area contributed by atoms with Gasteiger partial charge in [-0.25, -0.2) is 9.59 Å². The lowest BCUT2D eigenvalue weighted by molar-refractivity contribution is -0.141. The maximum atomic E-state index is 11.5. The van der Waals surface area contributed by atoms with Gasteiger partial charge in [-0.1, -0.05) is 11.6 Å². The maximum Gasteiger partial charge on any atom is 0.328 e. The van der Waals surface area contributed by atoms with Crippen molar-refractivity contribution in [3.63, 3.8) is 0 Å². The Morgan fingerprint density at radius 2 is 2.16 bits per heavy atom. The highest BCUT2D eigenvalue weighted by Gasteiger charge is 2.24. The first-order valence-electron chi connectivity index (χ1n) is 6.64. The van der Waals surface area contributed by atoms with E-state index in [4.69, 9.17) is 5.11 Å². The van der Waals surface area contributed by atoms with Gasteiger partial charge in [0.15, 0.2) is 6.04 Å². The van der Waals surface area contributed by atoms with Crippen LogP contribution in [-0.4, -0.2) is 40.9 Å². The van der Waals surface area contributed by atoms with Crippen LogP contribution in [0.2, 0.25) is 0 Å². The van der Waals surface area contributed by atoms with Crippen LogP contribution in [0.5, 0.6) is 0 Å². The summed E-state index contributed by atoms with van der Waals surface area (Å²) < 4.78 is 0. The van der Waals surface area contributed by atoms with Crippen molar-refractivity contribution in [1.29, 1.82) is 0 Å². The molecule has 1 aliphatic rings. The Hall–Kier alpha value is -1.56. The largest absolute Gasteiger partial charge is 0.480 e. The zero-order chi connectivity index (χ0) is 14.3. The number of aliphatic hydroxyl groups excluding tert-OH is 1. The Morgan fingerprint density at radius 1 is 1.42 bits per heavy atom. The lowest BCUT2D eigenvalue weighted by Gasteiger charge is -2.18. The third-order valence-corrected chi connectivity index (χ3v) is 3.15. The highest BCUT2D eigenvalue weighted by molar-refractivity contribution is 5.82. The number of carboxylic acid groups (broad SMARTS) is 1. The van der Waals surface area contributed by atoms with Gasteiger partial charge in [0.05, 0.1) is 6.10 Å². The first kappa shape index (κ1) is 15.5. The van der Waals surface area contributed by atoms with Crippen molar-refractivity contribution in [3.8, 4) is 0 Å². The quantitative estimate of drug-likeness (QED) is 0.541. The molecule has 6 nitrogen and oxygen atoms in total. The Labute approximate surface area is 112 Å². The van der Waals surface area contributed by atoms with Crippen molar-refractivity contribution in [1.82, 2.24) is 10.6 Å². The molecule has 2 atom stereocenters. The molecule has 4 N–H and O–H groups in total. The molecule has 0 saturated carbocycles. The van der Waals surface area contributed by atoms with Crippen LogP contribution in [-0.2, 0) is 4.79 Å². The molecule has 0 spiro atoms. The second kappa shape index (κ2) is 7.78. The summed E-state index contributed by atoms with van der Waals surface area (Å²) in [6, 6.07) is -1.85. The van der Waals surface area contributed by atoms with Crippen molar-refractivity contribution >= 4 is 12.0 Å². The summed E-state index contributed by atoms with van der Waals surface area (Å²) in [5.41, 5.74) is 1.34. The first-order chi connectivity index (χ1) is 9.00. The smallest absolute Gasteiger partial charge is 0.328 e. The maximum absolute atomic E-state index is 11.5. The van der Waals surface area contributed by atoms with Crippen molar-refractivity contribution in [3.05, 3.63) is 11.6 Å². The molecule has 0 aliphatic heterocycles. The molecule has 6 heteroatoms. The van der Waals surface area contributed by atoms with Crippen LogP contribution in [0, 0.1) is 0 Å². The number of hydrogen-bond acceptors (Lipinski definition) is 3. The molecular weight excluding hydrogens is 248 g/mol. The van der Waals surface area contributed by atoms with E-state index in [9.17, 15) is 14.7 Å². The van der Waals surface area contributed by atoms with Crippen LogP contribution in [0.15, 0.2) is 11.6 Å². The molecule has 19 heavy (non-hydrogen) atoms. The topological polar surface area (TPSA) is 98.7 Å². The minimum atomic E-state index is -1.28. The number of urea groups is 1. The fraction of sp³-hybridized carbons (Fsp3) is 0.692. The van der Waals surface area contributed by atoms with Gasteiger partial charge in [0, 0.05) is 6.54 Å². The number of carbonyl (C=O) groups is 2. The van der Waals surface area contributed by atoms with Crippen LogP contribution in [0.3, 0.4) is 0 Å². The zero-order valence-corrected chi connectivity index (χ0v) is 11.2. The van der Waals surface area contributed by atoms with Gasteiger partial charge in [-0.2, -0.15) is 0 Å². The molecule has 2 unspecified atom stereocenters. The molecule has 0 radical (unpaired) electrons. The molecule has 0 heterocycles. The summed E-state index contributed by atoms with van der Waals surface area (Å²) in [6.07, 6.45) is 6.47. The molecule has 108 valence electrons. The number of hydrogen-bond donors (Lipinski definition) is 4. The van der Waals surface area contributed by atoms with Crippen LogP contribution in [0.4, 0.5) is 4.79 Å². The zero-order valence-electron chi connectivity index (χ0n) is 11.2. The number of amides is 2. The van der Waals surface area contributed by atoms with Crippen molar-refractivity contribution in [2.75, 3.05) is 6.54 Å². The van der Waals surface area contributed by atoms with E-state index >= 15 is 0 Å². The van der Waals surface area contributed by atoms with E-state index in [0.717, 1.165) is 19.3 Å². The predicted octanol–water partition coefficient (Wildman–Crippen LogP) is 1.01. The van der Waals surface area contributed by atoms with Crippen LogP contribution in [0.1, 0.15) is 39.0 Å². The van der Waals surface area contributed by atoms with Crippen molar-refractivity contribution in [2.45, 2.75) is 51.2 Å². The van der Waals surface area contributed by atoms with Gasteiger partial charge in [0.25, 0.3) is 0 Å². The van der Waals surface area contributed by atoms with Gasteiger partial charge in [-0.15, -0.1) is 0 Å². The Bertz CT molecular complexity index is 353. The fourth-order valence-electron chi connectivity index (χ4n) is 2.05. The molecular formula is C13H22N2O4. The number of nitrogens with one attached hydrogen (secondary N) is 2. The van der Waals surface area contributed by atoms with Gasteiger partial charge >= 0.3 is 12.0 Å². The summed E-state index contributed by atoms with van der Waals surface area (Å²) in [6.45, 7) is 1.80. The minimum absolute atomic E-state index is 0.476.